The maximum atomic E-state index is 13.3. The molecule has 1 saturated carbocycles. The van der Waals surface area contributed by atoms with E-state index in [1.165, 1.54) is 12.1 Å². The molecule has 0 bridgehead atoms. The first-order valence-electron chi connectivity index (χ1n) is 7.82. The first-order chi connectivity index (χ1) is 12.2. The predicted octanol–water partition coefficient (Wildman–Crippen LogP) is 1.59. The monoisotopic (exact) mass is 389 g/mol. The van der Waals surface area contributed by atoms with Crippen molar-refractivity contribution < 1.29 is 18.0 Å². The minimum Gasteiger partial charge on any atom is -0.350 e. The van der Waals surface area contributed by atoms with E-state index in [9.17, 15) is 22.8 Å². The van der Waals surface area contributed by atoms with Gasteiger partial charge in [0.15, 0.2) is 0 Å². The summed E-state index contributed by atoms with van der Waals surface area (Å²) in [5.74, 6) is -4.13. The van der Waals surface area contributed by atoms with Gasteiger partial charge in [0.25, 0.3) is 0 Å². The van der Waals surface area contributed by atoms with E-state index in [2.05, 4.69) is 15.7 Å². The SMILES string of the molecule is O=C(Cn1nnn(CC2CC(F)(F)C2)c1=O)NCc1ccc(Cl)c(F)c1. The second kappa shape index (κ2) is 7.10. The highest BCUT2D eigenvalue weighted by molar-refractivity contribution is 6.30. The molecule has 1 aliphatic rings. The van der Waals surface area contributed by atoms with Gasteiger partial charge in [-0.2, -0.15) is 9.36 Å². The number of halogens is 4. The normalized spacial score (nSPS) is 16.3. The summed E-state index contributed by atoms with van der Waals surface area (Å²) in [5.41, 5.74) is -0.143. The van der Waals surface area contributed by atoms with Crippen LogP contribution in [0.25, 0.3) is 0 Å². The minimum atomic E-state index is -2.68. The molecule has 0 unspecified atom stereocenters. The Bertz CT molecular complexity index is 874. The summed E-state index contributed by atoms with van der Waals surface area (Å²) in [6.07, 6.45) is -0.575. The molecule has 1 aliphatic carbocycles. The standard InChI is InChI=1S/C15H15ClF3N5O2/c16-11-2-1-9(3-12(11)17)6-20-13(25)8-24-14(26)23(21-22-24)7-10-4-15(18,19)5-10/h1-3,10H,4-8H2,(H,20,25). The zero-order valence-electron chi connectivity index (χ0n) is 13.5. The lowest BCUT2D eigenvalue weighted by Crippen LogP contribution is -2.40. The van der Waals surface area contributed by atoms with Crippen LogP contribution in [0.1, 0.15) is 18.4 Å². The zero-order valence-corrected chi connectivity index (χ0v) is 14.2. The molecule has 1 amide bonds. The van der Waals surface area contributed by atoms with Crippen molar-refractivity contribution in [2.45, 2.75) is 38.4 Å². The molecule has 0 aliphatic heterocycles. The third kappa shape index (κ3) is 4.24. The van der Waals surface area contributed by atoms with E-state index in [-0.39, 0.29) is 43.4 Å². The number of tetrazole rings is 1. The molecule has 7 nitrogen and oxygen atoms in total. The Morgan fingerprint density at radius 3 is 2.65 bits per heavy atom. The molecule has 3 rings (SSSR count). The van der Waals surface area contributed by atoms with Gasteiger partial charge in [0.1, 0.15) is 12.4 Å². The van der Waals surface area contributed by atoms with E-state index >= 15 is 0 Å². The van der Waals surface area contributed by atoms with Gasteiger partial charge in [0, 0.05) is 19.4 Å². The second-order valence-corrected chi connectivity index (χ2v) is 6.66. The fourth-order valence-corrected chi connectivity index (χ4v) is 2.84. The van der Waals surface area contributed by atoms with E-state index in [1.54, 1.807) is 6.07 Å². The summed E-state index contributed by atoms with van der Waals surface area (Å²) < 4.78 is 40.8. The average molecular weight is 390 g/mol. The summed E-state index contributed by atoms with van der Waals surface area (Å²) in [5, 5.41) is 9.68. The molecule has 0 saturated heterocycles. The van der Waals surface area contributed by atoms with Crippen LogP contribution in [-0.2, 0) is 24.4 Å². The lowest BCUT2D eigenvalue weighted by molar-refractivity contribution is -0.122. The zero-order chi connectivity index (χ0) is 18.9. The van der Waals surface area contributed by atoms with Crippen LogP contribution in [0, 0.1) is 11.7 Å². The lowest BCUT2D eigenvalue weighted by Gasteiger charge is -2.34. The van der Waals surface area contributed by atoms with Crippen molar-refractivity contribution >= 4 is 17.5 Å². The fraction of sp³-hybridized carbons (Fsp3) is 0.467. The number of carbonyl (C=O) groups excluding carboxylic acids is 1. The van der Waals surface area contributed by atoms with Crippen molar-refractivity contribution in [3.8, 4) is 0 Å². The second-order valence-electron chi connectivity index (χ2n) is 6.26. The Morgan fingerprint density at radius 1 is 1.31 bits per heavy atom. The molecule has 0 atom stereocenters. The van der Waals surface area contributed by atoms with Crippen LogP contribution in [0.2, 0.25) is 5.02 Å². The van der Waals surface area contributed by atoms with Gasteiger partial charge in [-0.15, -0.1) is 0 Å². The Kier molecular flexibility index (Phi) is 5.03. The minimum absolute atomic E-state index is 0.0209. The summed E-state index contributed by atoms with van der Waals surface area (Å²) >= 11 is 5.58. The maximum Gasteiger partial charge on any atom is 0.364 e. The summed E-state index contributed by atoms with van der Waals surface area (Å²) in [7, 11) is 0. The number of nitrogens with one attached hydrogen (secondary N) is 1. The number of alkyl halides is 2. The van der Waals surface area contributed by atoms with Gasteiger partial charge in [-0.3, -0.25) is 4.79 Å². The summed E-state index contributed by atoms with van der Waals surface area (Å²) in [6.45, 7) is -0.289. The number of nitrogens with zero attached hydrogens (tertiary/aromatic N) is 4. The summed E-state index contributed by atoms with van der Waals surface area (Å²) in [6, 6.07) is 4.13. The molecule has 2 aromatic rings. The molecule has 1 heterocycles. The van der Waals surface area contributed by atoms with Crippen molar-refractivity contribution in [2.24, 2.45) is 5.92 Å². The number of benzene rings is 1. The number of aromatic nitrogens is 4. The van der Waals surface area contributed by atoms with Crippen LogP contribution in [0.3, 0.4) is 0 Å². The topological polar surface area (TPSA) is 81.8 Å². The van der Waals surface area contributed by atoms with E-state index in [1.807, 2.05) is 0 Å². The van der Waals surface area contributed by atoms with Gasteiger partial charge in [0.05, 0.1) is 11.6 Å². The Labute approximate surface area is 150 Å². The number of carbonyl (C=O) groups is 1. The Balaban J connectivity index is 1.53. The van der Waals surface area contributed by atoms with Crippen molar-refractivity contribution in [1.29, 1.82) is 0 Å². The van der Waals surface area contributed by atoms with Crippen LogP contribution in [0.5, 0.6) is 0 Å². The number of rotatable bonds is 6. The highest BCUT2D eigenvalue weighted by Gasteiger charge is 2.45. The van der Waals surface area contributed by atoms with Crippen LogP contribution in [0.4, 0.5) is 13.2 Å². The van der Waals surface area contributed by atoms with Crippen LogP contribution >= 0.6 is 11.6 Å². The quantitative estimate of drug-likeness (QED) is 0.813. The highest BCUT2D eigenvalue weighted by atomic mass is 35.5. The number of hydrogen-bond donors (Lipinski definition) is 1. The van der Waals surface area contributed by atoms with Gasteiger partial charge in [-0.25, -0.2) is 18.0 Å². The largest absolute Gasteiger partial charge is 0.364 e. The number of amides is 1. The molecular weight excluding hydrogens is 375 g/mol. The fourth-order valence-electron chi connectivity index (χ4n) is 2.72. The average Bonchev–Trinajstić information content (AvgIpc) is 2.87. The molecular formula is C15H15ClF3N5O2. The summed E-state index contributed by atoms with van der Waals surface area (Å²) in [4.78, 5) is 24.0. The van der Waals surface area contributed by atoms with Gasteiger partial charge >= 0.3 is 5.69 Å². The maximum absolute atomic E-state index is 13.3. The van der Waals surface area contributed by atoms with E-state index < -0.39 is 23.3 Å². The van der Waals surface area contributed by atoms with Gasteiger partial charge in [0.2, 0.25) is 11.8 Å². The molecule has 0 spiro atoms. The number of hydrogen-bond acceptors (Lipinski definition) is 4. The van der Waals surface area contributed by atoms with Crippen molar-refractivity contribution in [3.63, 3.8) is 0 Å². The van der Waals surface area contributed by atoms with Crippen LogP contribution in [-0.4, -0.2) is 31.6 Å². The van der Waals surface area contributed by atoms with E-state index in [4.69, 9.17) is 11.6 Å². The predicted molar refractivity (Wildman–Crippen MR) is 85.2 cm³/mol. The molecule has 1 aromatic heterocycles. The smallest absolute Gasteiger partial charge is 0.350 e. The molecule has 1 fully saturated rings. The molecule has 11 heteroatoms. The molecule has 0 radical (unpaired) electrons. The molecule has 26 heavy (non-hydrogen) atoms. The Morgan fingerprint density at radius 2 is 2.00 bits per heavy atom. The van der Waals surface area contributed by atoms with Crippen molar-refractivity contribution in [1.82, 2.24) is 25.1 Å². The van der Waals surface area contributed by atoms with Crippen molar-refractivity contribution in [3.05, 3.63) is 45.1 Å². The molecule has 140 valence electrons. The first kappa shape index (κ1) is 18.4. The Hall–Kier alpha value is -2.36. The van der Waals surface area contributed by atoms with E-state index in [0.29, 0.717) is 5.56 Å². The molecule has 1 aromatic carbocycles. The van der Waals surface area contributed by atoms with Crippen molar-refractivity contribution in [2.75, 3.05) is 0 Å². The highest BCUT2D eigenvalue weighted by Crippen LogP contribution is 2.42. The van der Waals surface area contributed by atoms with Gasteiger partial charge < -0.3 is 5.32 Å². The third-order valence-electron chi connectivity index (χ3n) is 4.07. The molecule has 1 N–H and O–H groups in total. The van der Waals surface area contributed by atoms with Gasteiger partial charge in [-0.1, -0.05) is 17.7 Å². The first-order valence-corrected chi connectivity index (χ1v) is 8.20. The third-order valence-corrected chi connectivity index (χ3v) is 4.38. The van der Waals surface area contributed by atoms with Crippen LogP contribution < -0.4 is 11.0 Å². The lowest BCUT2D eigenvalue weighted by atomic mass is 9.81. The van der Waals surface area contributed by atoms with E-state index in [0.717, 1.165) is 9.36 Å². The van der Waals surface area contributed by atoms with Crippen LogP contribution in [0.15, 0.2) is 23.0 Å². The van der Waals surface area contributed by atoms with Gasteiger partial charge in [-0.05, 0) is 34.0 Å².